The SMILES string of the molecule is C=Cc1c(/C=C\Cc2ccc(\C=C/C(=C\C=C\Nc3ccc4c(c3)C(c3ccccc3)(c3ccccc3)c3ccccc3-4)c3ccc4ccc5ccccc5c4c3)cc2)ccc2ccccc12. The van der Waals surface area contributed by atoms with Crippen molar-refractivity contribution in [1.29, 1.82) is 0 Å². The van der Waals surface area contributed by atoms with E-state index in [1.165, 1.54) is 82.4 Å². The van der Waals surface area contributed by atoms with E-state index >= 15 is 0 Å². The van der Waals surface area contributed by atoms with Crippen molar-refractivity contribution in [2.24, 2.45) is 0 Å². The highest BCUT2D eigenvalue weighted by Crippen LogP contribution is 2.56. The first-order valence-corrected chi connectivity index (χ1v) is 23.2. The van der Waals surface area contributed by atoms with Crippen LogP contribution in [-0.2, 0) is 11.8 Å². The molecule has 1 aliphatic carbocycles. The molecule has 1 heteroatoms. The maximum atomic E-state index is 4.11. The third-order valence-corrected chi connectivity index (χ3v) is 13.5. The van der Waals surface area contributed by atoms with Crippen LogP contribution in [0, 0.1) is 0 Å². The lowest BCUT2D eigenvalue weighted by Crippen LogP contribution is -2.28. The van der Waals surface area contributed by atoms with Crippen LogP contribution in [0.25, 0.3) is 67.2 Å². The van der Waals surface area contributed by atoms with Crippen molar-refractivity contribution in [1.82, 2.24) is 0 Å². The van der Waals surface area contributed by atoms with Gasteiger partial charge in [-0.2, -0.15) is 0 Å². The van der Waals surface area contributed by atoms with Gasteiger partial charge in [0.1, 0.15) is 0 Å². The second kappa shape index (κ2) is 18.2. The number of benzene rings is 10. The lowest BCUT2D eigenvalue weighted by molar-refractivity contribution is 0.769. The Kier molecular flexibility index (Phi) is 11.2. The highest BCUT2D eigenvalue weighted by atomic mass is 14.8. The van der Waals surface area contributed by atoms with E-state index in [9.17, 15) is 0 Å². The smallest absolute Gasteiger partial charge is 0.0714 e. The number of nitrogens with one attached hydrogen (secondary N) is 1. The summed E-state index contributed by atoms with van der Waals surface area (Å²) in [6.07, 6.45) is 18.1. The molecule has 67 heavy (non-hydrogen) atoms. The number of fused-ring (bicyclic) bond motifs is 7. The van der Waals surface area contributed by atoms with Crippen LogP contribution in [0.1, 0.15) is 50.1 Å². The van der Waals surface area contributed by atoms with Gasteiger partial charge in [-0.3, -0.25) is 0 Å². The number of rotatable bonds is 12. The second-order valence-electron chi connectivity index (χ2n) is 17.3. The highest BCUT2D eigenvalue weighted by Gasteiger charge is 2.46. The molecule has 318 valence electrons. The maximum absolute atomic E-state index is 4.11. The number of allylic oxidation sites excluding steroid dienone is 5. The van der Waals surface area contributed by atoms with E-state index in [-0.39, 0.29) is 0 Å². The molecular weight excluding hydrogens is 807 g/mol. The zero-order chi connectivity index (χ0) is 45.0. The minimum Gasteiger partial charge on any atom is -0.362 e. The van der Waals surface area contributed by atoms with E-state index in [1.807, 2.05) is 6.08 Å². The lowest BCUT2D eigenvalue weighted by atomic mass is 9.67. The van der Waals surface area contributed by atoms with Crippen molar-refractivity contribution in [3.8, 4) is 11.1 Å². The van der Waals surface area contributed by atoms with E-state index in [0.29, 0.717) is 0 Å². The molecule has 1 nitrogen and oxygen atoms in total. The minimum absolute atomic E-state index is 0.448. The van der Waals surface area contributed by atoms with E-state index < -0.39 is 5.41 Å². The standard InChI is InChI=1S/C66H49N/c1-2-58-50(36-37-51-18-9-11-26-59(51)58)20-15-17-47-30-32-48(33-31-47)34-35-49(54-41-40-53-39-38-52-19-10-12-27-60(52)63(53)45-54)21-16-44-67-57-42-43-62-61-28-13-14-29-64(61)66(65(62)46-57,55-22-5-3-6-23-55)56-24-7-4-8-25-56/h2-16,18-46,67H,1,17H2/b20-15-,35-34-,44-16+,49-21+. The molecule has 0 amide bonds. The molecular formula is C66H49N. The molecule has 0 saturated carbocycles. The van der Waals surface area contributed by atoms with Gasteiger partial charge in [0.2, 0.25) is 0 Å². The molecule has 0 saturated heterocycles. The molecule has 10 aromatic carbocycles. The van der Waals surface area contributed by atoms with Crippen molar-refractivity contribution in [2.75, 3.05) is 5.32 Å². The fourth-order valence-electron chi connectivity index (χ4n) is 10.2. The normalized spacial score (nSPS) is 13.2. The first kappa shape index (κ1) is 41.2. The summed E-state index contributed by atoms with van der Waals surface area (Å²) in [6, 6.07) is 79.3. The van der Waals surface area contributed by atoms with Gasteiger partial charge in [-0.25, -0.2) is 0 Å². The van der Waals surface area contributed by atoms with Gasteiger partial charge in [-0.1, -0.05) is 243 Å². The van der Waals surface area contributed by atoms with Gasteiger partial charge in [0.05, 0.1) is 5.41 Å². The van der Waals surface area contributed by atoms with Gasteiger partial charge in [0, 0.05) is 11.9 Å². The zero-order valence-electron chi connectivity index (χ0n) is 37.3. The van der Waals surface area contributed by atoms with Crippen LogP contribution in [0.4, 0.5) is 5.69 Å². The Balaban J connectivity index is 0.898. The van der Waals surface area contributed by atoms with Crippen LogP contribution >= 0.6 is 0 Å². The van der Waals surface area contributed by atoms with Gasteiger partial charge in [-0.15, -0.1) is 0 Å². The van der Waals surface area contributed by atoms with Gasteiger partial charge in [0.25, 0.3) is 0 Å². The molecule has 0 heterocycles. The predicted molar refractivity (Wildman–Crippen MR) is 288 cm³/mol. The summed E-state index contributed by atoms with van der Waals surface area (Å²) in [5, 5.41) is 11.1. The summed E-state index contributed by atoms with van der Waals surface area (Å²) in [7, 11) is 0. The van der Waals surface area contributed by atoms with E-state index in [0.717, 1.165) is 28.8 Å². The van der Waals surface area contributed by atoms with Crippen molar-refractivity contribution in [2.45, 2.75) is 11.8 Å². The van der Waals surface area contributed by atoms with Crippen molar-refractivity contribution >= 4 is 61.8 Å². The first-order valence-electron chi connectivity index (χ1n) is 23.2. The molecule has 0 unspecified atom stereocenters. The predicted octanol–water partition coefficient (Wildman–Crippen LogP) is 17.1. The van der Waals surface area contributed by atoms with Crippen LogP contribution in [0.15, 0.2) is 255 Å². The third-order valence-electron chi connectivity index (χ3n) is 13.5. The van der Waals surface area contributed by atoms with Crippen LogP contribution in [-0.4, -0.2) is 0 Å². The first-order chi connectivity index (χ1) is 33.2. The number of anilines is 1. The van der Waals surface area contributed by atoms with Crippen LogP contribution < -0.4 is 5.32 Å². The van der Waals surface area contributed by atoms with Gasteiger partial charge < -0.3 is 5.32 Å². The monoisotopic (exact) mass is 855 g/mol. The van der Waals surface area contributed by atoms with Crippen LogP contribution in [0.3, 0.4) is 0 Å². The summed E-state index contributed by atoms with van der Waals surface area (Å²) < 4.78 is 0. The van der Waals surface area contributed by atoms with Crippen LogP contribution in [0.5, 0.6) is 0 Å². The zero-order valence-corrected chi connectivity index (χ0v) is 37.3. The Labute approximate surface area is 393 Å². The largest absolute Gasteiger partial charge is 0.362 e. The summed E-state index contributed by atoms with van der Waals surface area (Å²) in [5.74, 6) is 0. The lowest BCUT2D eigenvalue weighted by Gasteiger charge is -2.34. The van der Waals surface area contributed by atoms with E-state index in [2.05, 4.69) is 273 Å². The molecule has 1 aliphatic rings. The number of hydrogen-bond donors (Lipinski definition) is 1. The molecule has 0 aliphatic heterocycles. The molecule has 0 aromatic heterocycles. The highest BCUT2D eigenvalue weighted by molar-refractivity contribution is 6.08. The van der Waals surface area contributed by atoms with Crippen molar-refractivity contribution in [3.63, 3.8) is 0 Å². The van der Waals surface area contributed by atoms with E-state index in [4.69, 9.17) is 0 Å². The average Bonchev–Trinajstić information content (AvgIpc) is 3.69. The Hall–Kier alpha value is -8.52. The molecule has 10 aromatic rings. The third kappa shape index (κ3) is 7.81. The maximum Gasteiger partial charge on any atom is 0.0714 e. The fourth-order valence-corrected chi connectivity index (χ4v) is 10.2. The average molecular weight is 856 g/mol. The van der Waals surface area contributed by atoms with Crippen LogP contribution in [0.2, 0.25) is 0 Å². The quantitative estimate of drug-likeness (QED) is 0.0953. The Morgan fingerprint density at radius 3 is 1.90 bits per heavy atom. The summed E-state index contributed by atoms with van der Waals surface area (Å²) in [5.41, 5.74) is 15.3. The molecule has 1 N–H and O–H groups in total. The van der Waals surface area contributed by atoms with Gasteiger partial charge >= 0.3 is 0 Å². The topological polar surface area (TPSA) is 12.0 Å². The summed E-state index contributed by atoms with van der Waals surface area (Å²) >= 11 is 0. The molecule has 0 atom stereocenters. The molecule has 0 spiro atoms. The van der Waals surface area contributed by atoms with Crippen molar-refractivity contribution in [3.05, 3.63) is 306 Å². The van der Waals surface area contributed by atoms with Gasteiger partial charge in [0.15, 0.2) is 0 Å². The number of hydrogen-bond acceptors (Lipinski definition) is 1. The summed E-state index contributed by atoms with van der Waals surface area (Å²) in [4.78, 5) is 0. The second-order valence-corrected chi connectivity index (χ2v) is 17.3. The summed E-state index contributed by atoms with van der Waals surface area (Å²) in [6.45, 7) is 4.11. The van der Waals surface area contributed by atoms with Crippen molar-refractivity contribution < 1.29 is 0 Å². The fraction of sp³-hybridized carbons (Fsp3) is 0.0303. The molecule has 0 fully saturated rings. The Morgan fingerprint density at radius 1 is 0.507 bits per heavy atom. The Bertz CT molecular complexity index is 3530. The minimum atomic E-state index is -0.448. The molecule has 0 bridgehead atoms. The van der Waals surface area contributed by atoms with E-state index in [1.54, 1.807) is 0 Å². The van der Waals surface area contributed by atoms with Gasteiger partial charge in [-0.05, 0) is 130 Å². The molecule has 0 radical (unpaired) electrons. The molecule has 11 rings (SSSR count). The Morgan fingerprint density at radius 2 is 1.13 bits per heavy atom.